The van der Waals surface area contributed by atoms with Gasteiger partial charge in [-0.15, -0.1) is 0 Å². The van der Waals surface area contributed by atoms with Crippen LogP contribution in [-0.2, 0) is 4.79 Å². The number of nitrogens with one attached hydrogen (secondary N) is 1. The number of carbonyl (C=O) groups is 2. The van der Waals surface area contributed by atoms with Crippen LogP contribution in [-0.4, -0.2) is 34.1 Å². The number of amides is 2. The number of aryl methyl sites for hydroxylation is 1. The van der Waals surface area contributed by atoms with E-state index in [0.29, 0.717) is 12.2 Å². The van der Waals surface area contributed by atoms with Gasteiger partial charge in [0.25, 0.3) is 0 Å². The third kappa shape index (κ3) is 3.50. The normalized spacial score (nSPS) is 11.1. The first-order valence-electron chi connectivity index (χ1n) is 6.28. The highest BCUT2D eigenvalue weighted by atomic mass is 79.9. The molecule has 0 heterocycles. The zero-order chi connectivity index (χ0) is 15.5. The summed E-state index contributed by atoms with van der Waals surface area (Å²) < 4.78 is 0.953. The monoisotopic (exact) mass is 342 g/mol. The Bertz CT molecular complexity index is 529. The smallest absolute Gasteiger partial charge is 0.329 e. The van der Waals surface area contributed by atoms with Crippen LogP contribution in [0.15, 0.2) is 22.7 Å². The Labute approximate surface area is 127 Å². The Balaban J connectivity index is 2.93. The van der Waals surface area contributed by atoms with Gasteiger partial charge in [0.2, 0.25) is 0 Å². The molecule has 5 nitrogen and oxygen atoms in total. The molecule has 2 amide bonds. The molecule has 0 unspecified atom stereocenters. The average molecular weight is 343 g/mol. The molecule has 0 saturated carbocycles. The summed E-state index contributed by atoms with van der Waals surface area (Å²) in [4.78, 5) is 24.8. The summed E-state index contributed by atoms with van der Waals surface area (Å²) in [6.45, 7) is 6.98. The molecule has 0 aromatic heterocycles. The molecule has 0 saturated heterocycles. The van der Waals surface area contributed by atoms with Crippen LogP contribution >= 0.6 is 15.9 Å². The molecular formula is C14H19BrN2O3. The predicted octanol–water partition coefficient (Wildman–Crippen LogP) is 3.47. The highest BCUT2D eigenvalue weighted by Crippen LogP contribution is 2.21. The molecule has 6 heteroatoms. The Hall–Kier alpha value is -1.56. The van der Waals surface area contributed by atoms with Gasteiger partial charge in [0.05, 0.1) is 0 Å². The van der Waals surface area contributed by atoms with Crippen LogP contribution in [0.4, 0.5) is 10.5 Å². The van der Waals surface area contributed by atoms with Crippen LogP contribution in [0, 0.1) is 6.92 Å². The molecule has 1 aromatic carbocycles. The number of carboxylic acids is 1. The van der Waals surface area contributed by atoms with Crippen molar-refractivity contribution in [1.82, 2.24) is 4.90 Å². The molecule has 20 heavy (non-hydrogen) atoms. The Morgan fingerprint density at radius 3 is 2.45 bits per heavy atom. The average Bonchev–Trinajstić information content (AvgIpc) is 2.34. The summed E-state index contributed by atoms with van der Waals surface area (Å²) in [6, 6.07) is 4.99. The second kappa shape index (κ2) is 6.26. The van der Waals surface area contributed by atoms with Gasteiger partial charge in [0.1, 0.15) is 5.54 Å². The Morgan fingerprint density at radius 1 is 1.40 bits per heavy atom. The van der Waals surface area contributed by atoms with Crippen LogP contribution in [0.1, 0.15) is 26.3 Å². The SMILES string of the molecule is CCN(C(=O)Nc1ccc(Br)c(C)c1)C(C)(C)C(=O)O. The van der Waals surface area contributed by atoms with Crippen molar-refractivity contribution in [3.63, 3.8) is 0 Å². The number of nitrogens with zero attached hydrogens (tertiary/aromatic N) is 1. The van der Waals surface area contributed by atoms with Crippen molar-refractivity contribution >= 4 is 33.6 Å². The van der Waals surface area contributed by atoms with Crippen molar-refractivity contribution in [3.8, 4) is 0 Å². The number of rotatable bonds is 4. The number of hydrogen-bond acceptors (Lipinski definition) is 2. The molecule has 1 aromatic rings. The van der Waals surface area contributed by atoms with Crippen LogP contribution in [0.3, 0.4) is 0 Å². The maximum absolute atomic E-state index is 12.2. The molecular weight excluding hydrogens is 324 g/mol. The van der Waals surface area contributed by atoms with Gasteiger partial charge in [-0.2, -0.15) is 0 Å². The minimum absolute atomic E-state index is 0.306. The number of benzene rings is 1. The van der Waals surface area contributed by atoms with E-state index in [2.05, 4.69) is 21.2 Å². The summed E-state index contributed by atoms with van der Waals surface area (Å²) >= 11 is 3.39. The molecule has 0 aliphatic rings. The zero-order valence-electron chi connectivity index (χ0n) is 12.0. The van der Waals surface area contributed by atoms with E-state index in [0.717, 1.165) is 10.0 Å². The van der Waals surface area contributed by atoms with Crippen molar-refractivity contribution in [2.45, 2.75) is 33.2 Å². The number of halogens is 1. The highest BCUT2D eigenvalue weighted by Gasteiger charge is 2.36. The lowest BCUT2D eigenvalue weighted by atomic mass is 10.0. The van der Waals surface area contributed by atoms with E-state index >= 15 is 0 Å². The van der Waals surface area contributed by atoms with E-state index in [4.69, 9.17) is 0 Å². The van der Waals surface area contributed by atoms with Crippen LogP contribution in [0.5, 0.6) is 0 Å². The van der Waals surface area contributed by atoms with Crippen LogP contribution in [0.25, 0.3) is 0 Å². The number of carbonyl (C=O) groups excluding carboxylic acids is 1. The van der Waals surface area contributed by atoms with Gasteiger partial charge in [0.15, 0.2) is 0 Å². The van der Waals surface area contributed by atoms with Gasteiger partial charge < -0.3 is 15.3 Å². The number of carboxylic acid groups (broad SMARTS) is 1. The van der Waals surface area contributed by atoms with Crippen LogP contribution in [0.2, 0.25) is 0 Å². The fourth-order valence-corrected chi connectivity index (χ4v) is 2.07. The Kier molecular flexibility index (Phi) is 5.16. The van der Waals surface area contributed by atoms with Gasteiger partial charge in [-0.05, 0) is 51.5 Å². The van der Waals surface area contributed by atoms with E-state index < -0.39 is 17.5 Å². The lowest BCUT2D eigenvalue weighted by Gasteiger charge is -2.34. The van der Waals surface area contributed by atoms with Crippen molar-refractivity contribution < 1.29 is 14.7 Å². The van der Waals surface area contributed by atoms with Gasteiger partial charge in [-0.25, -0.2) is 9.59 Å². The molecule has 0 radical (unpaired) electrons. The third-order valence-corrected chi connectivity index (χ3v) is 4.06. The van der Waals surface area contributed by atoms with Crippen molar-refractivity contribution in [2.24, 2.45) is 0 Å². The van der Waals surface area contributed by atoms with E-state index in [9.17, 15) is 14.7 Å². The molecule has 0 aliphatic heterocycles. The van der Waals surface area contributed by atoms with E-state index in [-0.39, 0.29) is 0 Å². The van der Waals surface area contributed by atoms with Gasteiger partial charge >= 0.3 is 12.0 Å². The lowest BCUT2D eigenvalue weighted by molar-refractivity contribution is -0.147. The predicted molar refractivity (Wildman–Crippen MR) is 82.0 cm³/mol. The number of likely N-dealkylation sites (N-methyl/N-ethyl adjacent to an activating group) is 1. The molecule has 0 atom stereocenters. The molecule has 0 aliphatic carbocycles. The largest absolute Gasteiger partial charge is 0.480 e. The van der Waals surface area contributed by atoms with E-state index in [1.807, 2.05) is 19.1 Å². The first kappa shape index (κ1) is 16.5. The summed E-state index contributed by atoms with van der Waals surface area (Å²) in [5.41, 5.74) is 0.363. The molecule has 0 fully saturated rings. The van der Waals surface area contributed by atoms with Crippen LogP contribution < -0.4 is 5.32 Å². The molecule has 0 bridgehead atoms. The Morgan fingerprint density at radius 2 is 2.00 bits per heavy atom. The van der Waals surface area contributed by atoms with Gasteiger partial charge in [-0.1, -0.05) is 15.9 Å². The second-order valence-electron chi connectivity index (χ2n) is 5.00. The van der Waals surface area contributed by atoms with Gasteiger partial charge in [-0.3, -0.25) is 0 Å². The van der Waals surface area contributed by atoms with Crippen molar-refractivity contribution in [2.75, 3.05) is 11.9 Å². The summed E-state index contributed by atoms with van der Waals surface area (Å²) in [5.74, 6) is -1.04. The zero-order valence-corrected chi connectivity index (χ0v) is 13.6. The minimum atomic E-state index is -1.26. The van der Waals surface area contributed by atoms with E-state index in [1.54, 1.807) is 13.0 Å². The quantitative estimate of drug-likeness (QED) is 0.879. The third-order valence-electron chi connectivity index (χ3n) is 3.17. The molecule has 1 rings (SSSR count). The number of urea groups is 1. The fourth-order valence-electron chi connectivity index (χ4n) is 1.82. The molecule has 2 N–H and O–H groups in total. The van der Waals surface area contributed by atoms with Crippen molar-refractivity contribution in [3.05, 3.63) is 28.2 Å². The molecule has 0 spiro atoms. The minimum Gasteiger partial charge on any atom is -0.480 e. The maximum atomic E-state index is 12.2. The first-order chi connectivity index (χ1) is 9.20. The second-order valence-corrected chi connectivity index (χ2v) is 5.86. The maximum Gasteiger partial charge on any atom is 0.329 e. The standard InChI is InChI=1S/C14H19BrN2O3/c1-5-17(14(3,4)12(18)19)13(20)16-10-6-7-11(15)9(2)8-10/h6-8H,5H2,1-4H3,(H,16,20)(H,18,19). The number of aliphatic carboxylic acids is 1. The first-order valence-corrected chi connectivity index (χ1v) is 7.07. The van der Waals surface area contributed by atoms with E-state index in [1.165, 1.54) is 18.7 Å². The van der Waals surface area contributed by atoms with Gasteiger partial charge in [0, 0.05) is 16.7 Å². The summed E-state index contributed by atoms with van der Waals surface area (Å²) in [6.07, 6.45) is 0. The van der Waals surface area contributed by atoms with Crippen molar-refractivity contribution in [1.29, 1.82) is 0 Å². The number of anilines is 1. The summed E-state index contributed by atoms with van der Waals surface area (Å²) in [5, 5.41) is 11.9. The fraction of sp³-hybridized carbons (Fsp3) is 0.429. The highest BCUT2D eigenvalue weighted by molar-refractivity contribution is 9.10. The number of hydrogen-bond donors (Lipinski definition) is 2. The summed E-state index contributed by atoms with van der Waals surface area (Å²) in [7, 11) is 0. The lowest BCUT2D eigenvalue weighted by Crippen LogP contribution is -2.54. The topological polar surface area (TPSA) is 69.6 Å². The molecule has 110 valence electrons.